The van der Waals surface area contributed by atoms with E-state index in [1.54, 1.807) is 0 Å². The number of fused-ring (bicyclic) bond motifs is 2. The molecule has 5 rings (SSSR count). The first-order valence-corrected chi connectivity index (χ1v) is 10.3. The van der Waals surface area contributed by atoms with Gasteiger partial charge in [-0.1, -0.05) is 17.4 Å². The van der Waals surface area contributed by atoms with E-state index in [0.717, 1.165) is 23.5 Å². The molecule has 160 valence electrons. The van der Waals surface area contributed by atoms with Gasteiger partial charge in [0.1, 0.15) is 16.6 Å². The Morgan fingerprint density at radius 3 is 2.87 bits per heavy atom. The molecule has 0 bridgehead atoms. The summed E-state index contributed by atoms with van der Waals surface area (Å²) in [5.41, 5.74) is -0.494. The van der Waals surface area contributed by atoms with Crippen LogP contribution in [0.1, 0.15) is 28.0 Å². The van der Waals surface area contributed by atoms with E-state index in [1.807, 2.05) is 6.92 Å². The van der Waals surface area contributed by atoms with Gasteiger partial charge >= 0.3 is 0 Å². The second-order valence-electron chi connectivity index (χ2n) is 7.48. The summed E-state index contributed by atoms with van der Waals surface area (Å²) in [6.07, 6.45) is 1.06. The van der Waals surface area contributed by atoms with Gasteiger partial charge in [0.25, 0.3) is 5.91 Å². The van der Waals surface area contributed by atoms with Crippen molar-refractivity contribution in [3.8, 4) is 16.3 Å². The maximum atomic E-state index is 13.9. The summed E-state index contributed by atoms with van der Waals surface area (Å²) in [5.74, 6) is -2.49. The van der Waals surface area contributed by atoms with Crippen molar-refractivity contribution in [1.82, 2.24) is 19.7 Å². The van der Waals surface area contributed by atoms with Crippen molar-refractivity contribution in [3.05, 3.63) is 62.5 Å². The molecule has 0 saturated carbocycles. The van der Waals surface area contributed by atoms with E-state index in [-0.39, 0.29) is 40.8 Å². The van der Waals surface area contributed by atoms with Gasteiger partial charge in [0.2, 0.25) is 5.43 Å². The summed E-state index contributed by atoms with van der Waals surface area (Å²) in [7, 11) is 0. The number of aromatic hydroxyl groups is 1. The number of amides is 1. The van der Waals surface area contributed by atoms with Crippen molar-refractivity contribution in [3.63, 3.8) is 0 Å². The number of hydrogen-bond acceptors (Lipinski definition) is 7. The van der Waals surface area contributed by atoms with Crippen molar-refractivity contribution in [1.29, 1.82) is 0 Å². The second kappa shape index (κ2) is 7.20. The number of aromatic nitrogens is 3. The zero-order valence-electron chi connectivity index (χ0n) is 16.2. The summed E-state index contributed by atoms with van der Waals surface area (Å²) < 4.78 is 34.2. The van der Waals surface area contributed by atoms with E-state index in [1.165, 1.54) is 21.7 Å². The Labute approximate surface area is 178 Å². The molecule has 1 fully saturated rings. The number of benzene rings is 1. The lowest BCUT2D eigenvalue weighted by atomic mass is 10.1. The van der Waals surface area contributed by atoms with Gasteiger partial charge in [0.15, 0.2) is 22.7 Å². The Morgan fingerprint density at radius 1 is 1.29 bits per heavy atom. The topological polar surface area (TPSA) is 97.5 Å². The maximum Gasteiger partial charge on any atom is 0.276 e. The van der Waals surface area contributed by atoms with Crippen LogP contribution < -0.4 is 5.43 Å². The van der Waals surface area contributed by atoms with E-state index < -0.39 is 34.9 Å². The molecule has 0 aliphatic carbocycles. The monoisotopic (exact) mass is 446 g/mol. The fourth-order valence-corrected chi connectivity index (χ4v) is 4.76. The van der Waals surface area contributed by atoms with Gasteiger partial charge in [-0.2, -0.15) is 0 Å². The molecule has 4 heterocycles. The fourth-order valence-electron chi connectivity index (χ4n) is 3.89. The molecule has 2 aromatic heterocycles. The predicted octanol–water partition coefficient (Wildman–Crippen LogP) is 2.14. The molecule has 3 aromatic rings. The van der Waals surface area contributed by atoms with Crippen LogP contribution in [0.25, 0.3) is 10.6 Å². The summed E-state index contributed by atoms with van der Waals surface area (Å²) in [5, 5.41) is 19.1. The van der Waals surface area contributed by atoms with E-state index in [4.69, 9.17) is 4.74 Å². The number of carbonyl (C=O) groups excluding carboxylic acids is 1. The first-order chi connectivity index (χ1) is 14.8. The predicted molar refractivity (Wildman–Crippen MR) is 106 cm³/mol. The third-order valence-electron chi connectivity index (χ3n) is 5.42. The standard InChI is InChI=1S/C20H16F2N4O4S/c1-9-8-30-15-7-25-6-12(17(27)18(28)16(25)20(29)26(9)15)19-24-23-14(31-19)4-10-2-3-11(21)5-13(10)22/h2-3,5-6,9,15,28H,4,7-8H2,1H3/t9-,15?/m1/s1. The van der Waals surface area contributed by atoms with Crippen molar-refractivity contribution in [2.75, 3.05) is 6.61 Å². The summed E-state index contributed by atoms with van der Waals surface area (Å²) in [4.78, 5) is 27.1. The zero-order chi connectivity index (χ0) is 21.9. The number of carbonyl (C=O) groups is 1. The van der Waals surface area contributed by atoms with Crippen molar-refractivity contribution in [2.24, 2.45) is 0 Å². The van der Waals surface area contributed by atoms with Crippen molar-refractivity contribution < 1.29 is 23.4 Å². The Morgan fingerprint density at radius 2 is 2.10 bits per heavy atom. The molecule has 2 aliphatic heterocycles. The van der Waals surface area contributed by atoms with Gasteiger partial charge in [-0.3, -0.25) is 9.59 Å². The summed E-state index contributed by atoms with van der Waals surface area (Å²) in [6.45, 7) is 2.48. The first-order valence-electron chi connectivity index (χ1n) is 9.51. The number of nitrogens with zero attached hydrogens (tertiary/aromatic N) is 4. The van der Waals surface area contributed by atoms with Crippen LogP contribution in [0.3, 0.4) is 0 Å². The largest absolute Gasteiger partial charge is 0.503 e. The van der Waals surface area contributed by atoms with Crippen LogP contribution in [0.2, 0.25) is 0 Å². The Bertz CT molecular complexity index is 1270. The zero-order valence-corrected chi connectivity index (χ0v) is 17.0. The van der Waals surface area contributed by atoms with Crippen LogP contribution >= 0.6 is 11.3 Å². The van der Waals surface area contributed by atoms with Gasteiger partial charge in [-0.15, -0.1) is 10.2 Å². The molecule has 1 amide bonds. The SMILES string of the molecule is C[C@@H]1COC2Cn3cc(-c4nnc(Cc5ccc(F)cc5F)s4)c(=O)c(O)c3C(=O)N21. The second-order valence-corrected chi connectivity index (χ2v) is 8.55. The Hall–Kier alpha value is -3.18. The Balaban J connectivity index is 1.51. The van der Waals surface area contributed by atoms with Crippen LogP contribution in [-0.2, 0) is 17.7 Å². The molecule has 2 aliphatic rings. The maximum absolute atomic E-state index is 13.9. The van der Waals surface area contributed by atoms with Gasteiger partial charge in [0, 0.05) is 18.7 Å². The number of rotatable bonds is 3. The molecule has 1 unspecified atom stereocenters. The summed E-state index contributed by atoms with van der Waals surface area (Å²) in [6, 6.07) is 3.11. The quantitative estimate of drug-likeness (QED) is 0.662. The minimum absolute atomic E-state index is 0.0727. The van der Waals surface area contributed by atoms with E-state index in [9.17, 15) is 23.5 Å². The average Bonchev–Trinajstić information content (AvgIpc) is 3.33. The van der Waals surface area contributed by atoms with Crippen LogP contribution in [0, 0.1) is 11.6 Å². The molecule has 1 saturated heterocycles. The third kappa shape index (κ3) is 3.20. The molecule has 1 N–H and O–H groups in total. The highest BCUT2D eigenvalue weighted by atomic mass is 32.1. The van der Waals surface area contributed by atoms with Gasteiger partial charge in [0.05, 0.1) is 24.8 Å². The lowest BCUT2D eigenvalue weighted by molar-refractivity contribution is 0.00638. The summed E-state index contributed by atoms with van der Waals surface area (Å²) >= 11 is 1.05. The molecule has 0 radical (unpaired) electrons. The lowest BCUT2D eigenvalue weighted by Crippen LogP contribution is -2.48. The number of ether oxygens (including phenoxy) is 1. The van der Waals surface area contributed by atoms with Crippen LogP contribution in [0.5, 0.6) is 5.75 Å². The van der Waals surface area contributed by atoms with E-state index >= 15 is 0 Å². The fraction of sp³-hybridized carbons (Fsp3) is 0.300. The highest BCUT2D eigenvalue weighted by Gasteiger charge is 2.42. The van der Waals surface area contributed by atoms with Crippen LogP contribution in [0.15, 0.2) is 29.2 Å². The highest BCUT2D eigenvalue weighted by Crippen LogP contribution is 2.32. The van der Waals surface area contributed by atoms with E-state index in [0.29, 0.717) is 11.6 Å². The average molecular weight is 446 g/mol. The van der Waals surface area contributed by atoms with Crippen LogP contribution in [0.4, 0.5) is 8.78 Å². The number of pyridine rings is 1. The highest BCUT2D eigenvalue weighted by molar-refractivity contribution is 7.14. The molecule has 0 spiro atoms. The molecule has 31 heavy (non-hydrogen) atoms. The van der Waals surface area contributed by atoms with Crippen LogP contribution in [-0.4, -0.2) is 49.6 Å². The van der Waals surface area contributed by atoms with Crippen molar-refractivity contribution >= 4 is 17.2 Å². The molecule has 8 nitrogen and oxygen atoms in total. The van der Waals surface area contributed by atoms with Crippen molar-refractivity contribution in [2.45, 2.75) is 32.2 Å². The molecule has 2 atom stereocenters. The van der Waals surface area contributed by atoms with E-state index in [2.05, 4.69) is 10.2 Å². The normalized spacial score (nSPS) is 20.1. The molecular formula is C20H16F2N4O4S. The lowest BCUT2D eigenvalue weighted by Gasteiger charge is -2.33. The number of hydrogen-bond donors (Lipinski definition) is 1. The first kappa shape index (κ1) is 19.8. The molecule has 11 heteroatoms. The Kier molecular flexibility index (Phi) is 4.59. The number of halogens is 2. The van der Waals surface area contributed by atoms with Gasteiger partial charge in [-0.25, -0.2) is 8.78 Å². The third-order valence-corrected chi connectivity index (χ3v) is 6.37. The molecular weight excluding hydrogens is 430 g/mol. The minimum atomic E-state index is -0.735. The molecule has 1 aromatic carbocycles. The minimum Gasteiger partial charge on any atom is -0.503 e. The van der Waals surface area contributed by atoms with Gasteiger partial charge < -0.3 is 19.3 Å². The van der Waals surface area contributed by atoms with Gasteiger partial charge in [-0.05, 0) is 18.6 Å². The smallest absolute Gasteiger partial charge is 0.276 e.